The summed E-state index contributed by atoms with van der Waals surface area (Å²) in [4.78, 5) is 21.2. The van der Waals surface area contributed by atoms with Gasteiger partial charge >= 0.3 is 0 Å². The van der Waals surface area contributed by atoms with E-state index in [9.17, 15) is 10.1 Å². The van der Waals surface area contributed by atoms with Crippen molar-refractivity contribution in [2.24, 2.45) is 0 Å². The van der Waals surface area contributed by atoms with Crippen LogP contribution in [0.3, 0.4) is 0 Å². The second-order valence-corrected chi connectivity index (χ2v) is 8.68. The van der Waals surface area contributed by atoms with Gasteiger partial charge in [0.25, 0.3) is 0 Å². The van der Waals surface area contributed by atoms with Crippen LogP contribution < -0.4 is 0 Å². The van der Waals surface area contributed by atoms with E-state index in [0.29, 0.717) is 30.2 Å². The van der Waals surface area contributed by atoms with Crippen molar-refractivity contribution in [1.29, 1.82) is 5.26 Å². The quantitative estimate of drug-likeness (QED) is 0.455. The van der Waals surface area contributed by atoms with Gasteiger partial charge in [0.05, 0.1) is 29.6 Å². The second kappa shape index (κ2) is 8.70. The van der Waals surface area contributed by atoms with E-state index >= 15 is 0 Å². The molecule has 0 atom stereocenters. The van der Waals surface area contributed by atoms with Crippen molar-refractivity contribution in [2.75, 3.05) is 26.7 Å². The molecular formula is C26H22ClN5O. The Hall–Kier alpha value is -3.66. The van der Waals surface area contributed by atoms with E-state index in [2.05, 4.69) is 15.4 Å². The molecule has 0 saturated carbocycles. The number of hydrogen-bond donors (Lipinski definition) is 0. The molecule has 1 saturated heterocycles. The molecule has 1 amide bonds. The number of rotatable bonds is 4. The van der Waals surface area contributed by atoms with E-state index in [4.69, 9.17) is 16.6 Å². The number of pyridine rings is 1. The van der Waals surface area contributed by atoms with Crippen molar-refractivity contribution >= 4 is 23.2 Å². The topological polar surface area (TPSA) is 64.6 Å². The lowest BCUT2D eigenvalue weighted by molar-refractivity contribution is -0.134. The third kappa shape index (κ3) is 4.09. The number of halogens is 1. The number of aromatic nitrogens is 2. The molecule has 5 rings (SSSR count). The Labute approximate surface area is 197 Å². The highest BCUT2D eigenvalue weighted by molar-refractivity contribution is 6.30. The number of amides is 1. The minimum Gasteiger partial charge on any atom is -0.343 e. The lowest BCUT2D eigenvalue weighted by Gasteiger charge is -2.31. The molecule has 0 aliphatic carbocycles. The number of nitrogens with zero attached hydrogens (tertiary/aromatic N) is 5. The van der Waals surface area contributed by atoms with Crippen molar-refractivity contribution in [2.45, 2.75) is 6.54 Å². The van der Waals surface area contributed by atoms with Crippen molar-refractivity contribution in [1.82, 2.24) is 19.2 Å². The molecule has 7 heteroatoms. The fraction of sp³-hybridized carbons (Fsp3) is 0.192. The van der Waals surface area contributed by atoms with Gasteiger partial charge in [-0.3, -0.25) is 9.69 Å². The number of nitriles is 1. The number of carbonyl (C=O) groups is 1. The number of imidazole rings is 1. The van der Waals surface area contributed by atoms with Crippen molar-refractivity contribution in [3.8, 4) is 28.5 Å². The molecule has 2 aromatic carbocycles. The van der Waals surface area contributed by atoms with Gasteiger partial charge in [-0.05, 0) is 35.9 Å². The summed E-state index contributed by atoms with van der Waals surface area (Å²) in [7, 11) is 1.84. The highest BCUT2D eigenvalue weighted by Gasteiger charge is 2.24. The maximum atomic E-state index is 12.3. The Balaban J connectivity index is 1.64. The zero-order chi connectivity index (χ0) is 22.9. The average molecular weight is 456 g/mol. The zero-order valence-electron chi connectivity index (χ0n) is 18.2. The lowest BCUT2D eigenvalue weighted by Crippen LogP contribution is -2.48. The molecule has 0 bridgehead atoms. The summed E-state index contributed by atoms with van der Waals surface area (Å²) >= 11 is 6.12. The summed E-state index contributed by atoms with van der Waals surface area (Å²) in [5, 5.41) is 10.2. The Kier molecular flexibility index (Phi) is 5.59. The number of piperazine rings is 1. The molecule has 3 heterocycles. The van der Waals surface area contributed by atoms with Gasteiger partial charge in [-0.1, -0.05) is 41.9 Å². The molecule has 6 nitrogen and oxygen atoms in total. The van der Waals surface area contributed by atoms with Crippen LogP contribution in [0, 0.1) is 11.3 Å². The molecule has 1 aliphatic heterocycles. The minimum absolute atomic E-state index is 0.117. The van der Waals surface area contributed by atoms with E-state index in [-0.39, 0.29) is 5.91 Å². The van der Waals surface area contributed by atoms with Crippen molar-refractivity contribution < 1.29 is 4.79 Å². The van der Waals surface area contributed by atoms with Gasteiger partial charge in [0.2, 0.25) is 5.91 Å². The van der Waals surface area contributed by atoms with Crippen LogP contribution in [0.1, 0.15) is 11.3 Å². The van der Waals surface area contributed by atoms with Gasteiger partial charge < -0.3 is 9.30 Å². The zero-order valence-corrected chi connectivity index (χ0v) is 19.0. The Morgan fingerprint density at radius 2 is 1.79 bits per heavy atom. The normalized spacial score (nSPS) is 14.6. The van der Waals surface area contributed by atoms with E-state index < -0.39 is 0 Å². The number of likely N-dealkylation sites (N-methyl/N-ethyl adjacent to an activating group) is 1. The summed E-state index contributed by atoms with van der Waals surface area (Å²) < 4.78 is 2.08. The van der Waals surface area contributed by atoms with Gasteiger partial charge in [-0.25, -0.2) is 4.98 Å². The molecule has 164 valence electrons. The molecular weight excluding hydrogens is 434 g/mol. The van der Waals surface area contributed by atoms with Crippen LogP contribution in [0.15, 0.2) is 66.9 Å². The predicted molar refractivity (Wildman–Crippen MR) is 129 cm³/mol. The summed E-state index contributed by atoms with van der Waals surface area (Å²) in [6.45, 7) is 2.46. The van der Waals surface area contributed by atoms with Crippen LogP contribution in [-0.2, 0) is 11.3 Å². The molecule has 2 aromatic heterocycles. The standard InChI is InChI=1S/C26H22ClN5O/c1-30-12-13-31(17-25(30)33)16-23-26(18-6-9-21(27)10-7-18)29-24-11-8-20(15-32(23)24)22-5-3-2-4-19(22)14-28/h2-11,15H,12-13,16-17H2,1H3. The first-order valence-corrected chi connectivity index (χ1v) is 11.1. The third-order valence-corrected chi connectivity index (χ3v) is 6.36. The van der Waals surface area contributed by atoms with Crippen LogP contribution >= 0.6 is 11.6 Å². The van der Waals surface area contributed by atoms with Crippen LogP contribution in [0.4, 0.5) is 0 Å². The number of fused-ring (bicyclic) bond motifs is 1. The van der Waals surface area contributed by atoms with Crippen LogP contribution in [0.5, 0.6) is 0 Å². The molecule has 0 N–H and O–H groups in total. The summed E-state index contributed by atoms with van der Waals surface area (Å²) in [5.41, 5.74) is 6.09. The Morgan fingerprint density at radius 1 is 1.03 bits per heavy atom. The Bertz CT molecular complexity index is 1390. The fourth-order valence-corrected chi connectivity index (χ4v) is 4.35. The summed E-state index contributed by atoms with van der Waals surface area (Å²) in [6.07, 6.45) is 2.03. The lowest BCUT2D eigenvalue weighted by atomic mass is 10.0. The molecule has 0 spiro atoms. The van der Waals surface area contributed by atoms with E-state index in [1.807, 2.05) is 73.9 Å². The van der Waals surface area contributed by atoms with Crippen molar-refractivity contribution in [3.63, 3.8) is 0 Å². The van der Waals surface area contributed by atoms with E-state index in [0.717, 1.165) is 40.3 Å². The second-order valence-electron chi connectivity index (χ2n) is 8.24. The largest absolute Gasteiger partial charge is 0.343 e. The third-order valence-electron chi connectivity index (χ3n) is 6.10. The van der Waals surface area contributed by atoms with Gasteiger partial charge in [0.15, 0.2) is 0 Å². The maximum absolute atomic E-state index is 12.3. The van der Waals surface area contributed by atoms with E-state index in [1.165, 1.54) is 0 Å². The van der Waals surface area contributed by atoms with Gasteiger partial charge in [0, 0.05) is 49.0 Å². The SMILES string of the molecule is CN1CCN(Cc2c(-c3ccc(Cl)cc3)nc3ccc(-c4ccccc4C#N)cn23)CC1=O. The Morgan fingerprint density at radius 3 is 2.55 bits per heavy atom. The molecule has 1 aliphatic rings. The van der Waals surface area contributed by atoms with Crippen molar-refractivity contribution in [3.05, 3.63) is 83.1 Å². The highest BCUT2D eigenvalue weighted by Crippen LogP contribution is 2.30. The molecule has 0 unspecified atom stereocenters. The maximum Gasteiger partial charge on any atom is 0.236 e. The van der Waals surface area contributed by atoms with Gasteiger partial charge in [0.1, 0.15) is 5.65 Å². The molecule has 33 heavy (non-hydrogen) atoms. The first-order valence-electron chi connectivity index (χ1n) is 10.8. The fourth-order valence-electron chi connectivity index (χ4n) is 4.23. The summed E-state index contributed by atoms with van der Waals surface area (Å²) in [5.74, 6) is 0.117. The van der Waals surface area contributed by atoms with Gasteiger partial charge in [-0.15, -0.1) is 0 Å². The summed E-state index contributed by atoms with van der Waals surface area (Å²) in [6, 6.07) is 21.5. The number of carbonyl (C=O) groups excluding carboxylic acids is 1. The van der Waals surface area contributed by atoms with Gasteiger partial charge in [-0.2, -0.15) is 5.26 Å². The van der Waals surface area contributed by atoms with Crippen LogP contribution in [-0.4, -0.2) is 51.8 Å². The van der Waals surface area contributed by atoms with Crippen LogP contribution in [0.2, 0.25) is 5.02 Å². The molecule has 0 radical (unpaired) electrons. The first-order chi connectivity index (χ1) is 16.0. The first kappa shape index (κ1) is 21.2. The number of benzene rings is 2. The molecule has 1 fully saturated rings. The average Bonchev–Trinajstić information content (AvgIpc) is 3.19. The smallest absolute Gasteiger partial charge is 0.236 e. The monoisotopic (exact) mass is 455 g/mol. The highest BCUT2D eigenvalue weighted by atomic mass is 35.5. The van der Waals surface area contributed by atoms with E-state index in [1.54, 1.807) is 4.90 Å². The number of hydrogen-bond acceptors (Lipinski definition) is 4. The van der Waals surface area contributed by atoms with Crippen LogP contribution in [0.25, 0.3) is 28.0 Å². The molecule has 4 aromatic rings. The predicted octanol–water partition coefficient (Wildman–Crippen LogP) is 4.47. The minimum atomic E-state index is 0.117.